The molecule has 25 heavy (non-hydrogen) atoms. The summed E-state index contributed by atoms with van der Waals surface area (Å²) in [4.78, 5) is 12.8. The highest BCUT2D eigenvalue weighted by molar-refractivity contribution is 9.10. The van der Waals surface area contributed by atoms with Gasteiger partial charge in [0, 0.05) is 11.0 Å². The molecule has 0 saturated heterocycles. The van der Waals surface area contributed by atoms with Crippen LogP contribution in [0.5, 0.6) is 11.5 Å². The standard InChI is InChI=1S/C18H16BrFN2O3/c19-12-7-14(13(20)5-10(12)8-21)22-17(23)18(3-4-18)11-1-2-15-16(6-11)25-9-24-15/h1-2,5-7H,3-4,8-9,21H2,(H,22,23). The first-order chi connectivity index (χ1) is 12.0. The number of nitrogens with two attached hydrogens (primary N) is 1. The van der Waals surface area contributed by atoms with Gasteiger partial charge in [0.15, 0.2) is 11.5 Å². The molecule has 1 saturated carbocycles. The highest BCUT2D eigenvalue weighted by Gasteiger charge is 2.51. The normalized spacial score (nSPS) is 16.6. The largest absolute Gasteiger partial charge is 0.454 e. The Morgan fingerprint density at radius 2 is 2.00 bits per heavy atom. The van der Waals surface area contributed by atoms with Gasteiger partial charge in [-0.05, 0) is 48.2 Å². The van der Waals surface area contributed by atoms with Crippen LogP contribution in [-0.4, -0.2) is 12.7 Å². The van der Waals surface area contributed by atoms with E-state index < -0.39 is 11.2 Å². The fourth-order valence-corrected chi connectivity index (χ4v) is 3.55. The maximum absolute atomic E-state index is 14.2. The number of anilines is 1. The van der Waals surface area contributed by atoms with E-state index in [9.17, 15) is 9.18 Å². The average Bonchev–Trinajstić information content (AvgIpc) is 3.29. The van der Waals surface area contributed by atoms with Gasteiger partial charge < -0.3 is 20.5 Å². The van der Waals surface area contributed by atoms with Gasteiger partial charge >= 0.3 is 0 Å². The molecule has 4 rings (SSSR count). The summed E-state index contributed by atoms with van der Waals surface area (Å²) < 4.78 is 25.6. The van der Waals surface area contributed by atoms with Crippen LogP contribution in [0.15, 0.2) is 34.8 Å². The summed E-state index contributed by atoms with van der Waals surface area (Å²) in [6.45, 7) is 0.400. The summed E-state index contributed by atoms with van der Waals surface area (Å²) in [5.41, 5.74) is 6.56. The molecule has 7 heteroatoms. The Bertz CT molecular complexity index is 868. The Morgan fingerprint density at radius 3 is 2.72 bits per heavy atom. The second-order valence-corrected chi connectivity index (χ2v) is 7.09. The molecule has 2 aliphatic rings. The van der Waals surface area contributed by atoms with Crippen molar-refractivity contribution < 1.29 is 18.7 Å². The molecule has 130 valence electrons. The van der Waals surface area contributed by atoms with E-state index >= 15 is 0 Å². The maximum Gasteiger partial charge on any atom is 0.235 e. The van der Waals surface area contributed by atoms with Gasteiger partial charge in [-0.15, -0.1) is 0 Å². The fourth-order valence-electron chi connectivity index (χ4n) is 3.05. The fraction of sp³-hybridized carbons (Fsp3) is 0.278. The second-order valence-electron chi connectivity index (χ2n) is 6.23. The van der Waals surface area contributed by atoms with Gasteiger partial charge in [0.05, 0.1) is 11.1 Å². The van der Waals surface area contributed by atoms with Crippen LogP contribution in [0.3, 0.4) is 0 Å². The first kappa shape index (κ1) is 16.4. The topological polar surface area (TPSA) is 73.6 Å². The van der Waals surface area contributed by atoms with E-state index in [1.165, 1.54) is 6.07 Å². The van der Waals surface area contributed by atoms with Crippen LogP contribution in [0.1, 0.15) is 24.0 Å². The molecule has 1 aliphatic heterocycles. The molecular formula is C18H16BrFN2O3. The number of hydrogen-bond donors (Lipinski definition) is 2. The van der Waals surface area contributed by atoms with Gasteiger partial charge in [0.25, 0.3) is 0 Å². The van der Waals surface area contributed by atoms with Crippen LogP contribution in [0.4, 0.5) is 10.1 Å². The Kier molecular flexibility index (Phi) is 3.92. The number of hydrogen-bond acceptors (Lipinski definition) is 4. The van der Waals surface area contributed by atoms with E-state index in [1.54, 1.807) is 12.1 Å². The number of nitrogens with one attached hydrogen (secondary N) is 1. The first-order valence-corrected chi connectivity index (χ1v) is 8.72. The summed E-state index contributed by atoms with van der Waals surface area (Å²) >= 11 is 3.35. The highest BCUT2D eigenvalue weighted by atomic mass is 79.9. The van der Waals surface area contributed by atoms with Crippen molar-refractivity contribution in [2.45, 2.75) is 24.8 Å². The van der Waals surface area contributed by atoms with E-state index in [0.717, 1.165) is 5.56 Å². The number of benzene rings is 2. The van der Waals surface area contributed by atoms with Crippen LogP contribution in [0.25, 0.3) is 0 Å². The van der Waals surface area contributed by atoms with E-state index in [1.807, 2.05) is 12.1 Å². The minimum atomic E-state index is -0.646. The number of amides is 1. The summed E-state index contributed by atoms with van der Waals surface area (Å²) in [6.07, 6.45) is 1.42. The quantitative estimate of drug-likeness (QED) is 0.815. The molecule has 3 N–H and O–H groups in total. The summed E-state index contributed by atoms with van der Waals surface area (Å²) in [5, 5.41) is 2.71. The van der Waals surface area contributed by atoms with Crippen molar-refractivity contribution in [1.29, 1.82) is 0 Å². The van der Waals surface area contributed by atoms with Crippen LogP contribution >= 0.6 is 15.9 Å². The molecule has 0 radical (unpaired) electrons. The Morgan fingerprint density at radius 1 is 1.24 bits per heavy atom. The minimum Gasteiger partial charge on any atom is -0.454 e. The summed E-state index contributed by atoms with van der Waals surface area (Å²) in [6, 6.07) is 8.38. The third kappa shape index (κ3) is 2.77. The molecule has 0 bridgehead atoms. The zero-order valence-corrected chi connectivity index (χ0v) is 14.9. The van der Waals surface area contributed by atoms with Gasteiger partial charge in [-0.2, -0.15) is 0 Å². The van der Waals surface area contributed by atoms with E-state index in [4.69, 9.17) is 15.2 Å². The van der Waals surface area contributed by atoms with Crippen molar-refractivity contribution in [3.05, 3.63) is 51.7 Å². The van der Waals surface area contributed by atoms with Crippen LogP contribution in [0.2, 0.25) is 0 Å². The van der Waals surface area contributed by atoms with E-state index in [0.29, 0.717) is 34.4 Å². The Hall–Kier alpha value is -2.12. The molecule has 0 aromatic heterocycles. The molecule has 0 atom stereocenters. The van der Waals surface area contributed by atoms with Gasteiger partial charge in [0.1, 0.15) is 5.82 Å². The number of carbonyl (C=O) groups is 1. The van der Waals surface area contributed by atoms with Crippen molar-refractivity contribution >= 4 is 27.5 Å². The van der Waals surface area contributed by atoms with Gasteiger partial charge in [-0.3, -0.25) is 4.79 Å². The lowest BCUT2D eigenvalue weighted by molar-refractivity contribution is -0.118. The summed E-state index contributed by atoms with van der Waals surface area (Å²) in [7, 11) is 0. The molecule has 5 nitrogen and oxygen atoms in total. The monoisotopic (exact) mass is 406 g/mol. The molecule has 1 amide bonds. The predicted molar refractivity (Wildman–Crippen MR) is 94.1 cm³/mol. The van der Waals surface area contributed by atoms with Crippen molar-refractivity contribution in [1.82, 2.24) is 0 Å². The molecule has 0 unspecified atom stereocenters. The van der Waals surface area contributed by atoms with Gasteiger partial charge in [0.2, 0.25) is 12.7 Å². The van der Waals surface area contributed by atoms with Gasteiger partial charge in [-0.25, -0.2) is 4.39 Å². The van der Waals surface area contributed by atoms with Crippen molar-refractivity contribution in [2.75, 3.05) is 12.1 Å². The minimum absolute atomic E-state index is 0.140. The maximum atomic E-state index is 14.2. The SMILES string of the molecule is NCc1cc(F)c(NC(=O)C2(c3ccc4c(c3)OCO4)CC2)cc1Br. The highest BCUT2D eigenvalue weighted by Crippen LogP contribution is 2.51. The smallest absolute Gasteiger partial charge is 0.235 e. The van der Waals surface area contributed by atoms with Crippen LogP contribution in [0, 0.1) is 5.82 Å². The molecular weight excluding hydrogens is 391 g/mol. The van der Waals surface area contributed by atoms with Gasteiger partial charge in [-0.1, -0.05) is 22.0 Å². The third-order valence-corrected chi connectivity index (χ3v) is 5.45. The third-order valence-electron chi connectivity index (χ3n) is 4.71. The van der Waals surface area contributed by atoms with Crippen molar-refractivity contribution in [3.63, 3.8) is 0 Å². The molecule has 2 aromatic carbocycles. The van der Waals surface area contributed by atoms with Crippen molar-refractivity contribution in [3.8, 4) is 11.5 Å². The number of fused-ring (bicyclic) bond motifs is 1. The molecule has 1 heterocycles. The molecule has 0 spiro atoms. The lowest BCUT2D eigenvalue weighted by Crippen LogP contribution is -2.28. The zero-order valence-electron chi connectivity index (χ0n) is 13.3. The van der Waals surface area contributed by atoms with Crippen molar-refractivity contribution in [2.24, 2.45) is 5.73 Å². The van der Waals surface area contributed by atoms with Crippen LogP contribution < -0.4 is 20.5 Å². The summed E-state index contributed by atoms with van der Waals surface area (Å²) in [5.74, 6) is 0.584. The lowest BCUT2D eigenvalue weighted by Gasteiger charge is -2.17. The van der Waals surface area contributed by atoms with E-state index in [-0.39, 0.29) is 24.9 Å². The van der Waals surface area contributed by atoms with Crippen LogP contribution in [-0.2, 0) is 16.8 Å². The molecule has 2 aromatic rings. The lowest BCUT2D eigenvalue weighted by atomic mass is 9.94. The predicted octanol–water partition coefficient (Wildman–Crippen LogP) is 3.45. The molecule has 1 fully saturated rings. The Labute approximate surface area is 152 Å². The number of rotatable bonds is 4. The number of carbonyl (C=O) groups excluding carboxylic acids is 1. The van der Waals surface area contributed by atoms with E-state index in [2.05, 4.69) is 21.2 Å². The Balaban J connectivity index is 1.60. The zero-order chi connectivity index (χ0) is 17.6. The number of ether oxygens (including phenoxy) is 2. The molecule has 1 aliphatic carbocycles. The first-order valence-electron chi connectivity index (χ1n) is 7.93. The average molecular weight is 407 g/mol. The number of halogens is 2. The second kappa shape index (κ2) is 6.00.